The van der Waals surface area contributed by atoms with Crippen molar-refractivity contribution in [2.24, 2.45) is 5.41 Å². The van der Waals surface area contributed by atoms with Gasteiger partial charge in [-0.15, -0.1) is 0 Å². The number of Topliss-reactive ketones (excluding diaryl/α,β-unsaturated/α-hetero) is 2. The van der Waals surface area contributed by atoms with Gasteiger partial charge in [-0.3, -0.25) is 14.4 Å². The van der Waals surface area contributed by atoms with Gasteiger partial charge in [0.2, 0.25) is 5.78 Å². The Bertz CT molecular complexity index is 504. The number of ketones is 2. The van der Waals surface area contributed by atoms with Crippen molar-refractivity contribution >= 4 is 23.5 Å². The monoisotopic (exact) mass is 286 g/mol. The molecule has 1 N–H and O–H groups in total. The van der Waals surface area contributed by atoms with Crippen LogP contribution in [0.5, 0.6) is 0 Å². The summed E-state index contributed by atoms with van der Waals surface area (Å²) < 4.78 is 13.5. The summed E-state index contributed by atoms with van der Waals surface area (Å²) in [5.74, 6) is -5.21. The maximum atomic E-state index is 12.1. The number of carbonyl (C=O) groups is 4. The fourth-order valence-corrected chi connectivity index (χ4v) is 1.99. The first-order valence-electron chi connectivity index (χ1n) is 5.52. The molecule has 0 aromatic heterocycles. The second-order valence-corrected chi connectivity index (χ2v) is 4.08. The predicted octanol–water partition coefficient (Wildman–Crippen LogP) is -0.681. The summed E-state index contributed by atoms with van der Waals surface area (Å²) in [6.45, 7) is -0.539. The van der Waals surface area contributed by atoms with Crippen molar-refractivity contribution in [3.05, 3.63) is 11.3 Å². The highest BCUT2D eigenvalue weighted by atomic mass is 16.5. The molecule has 0 aromatic carbocycles. The molecule has 0 bridgehead atoms. The summed E-state index contributed by atoms with van der Waals surface area (Å²) in [6, 6.07) is 0. The van der Waals surface area contributed by atoms with E-state index in [9.17, 15) is 24.3 Å². The molecular formula is C12H14O8. The van der Waals surface area contributed by atoms with Gasteiger partial charge in [-0.25, -0.2) is 4.79 Å². The van der Waals surface area contributed by atoms with Crippen molar-refractivity contribution in [1.82, 2.24) is 0 Å². The molecule has 0 amide bonds. The van der Waals surface area contributed by atoms with Gasteiger partial charge in [0.1, 0.15) is 6.61 Å². The van der Waals surface area contributed by atoms with Gasteiger partial charge in [0, 0.05) is 13.5 Å². The minimum Gasteiger partial charge on any atom is -0.504 e. The second-order valence-electron chi connectivity index (χ2n) is 4.08. The maximum absolute atomic E-state index is 12.1. The second kappa shape index (κ2) is 5.83. The smallest absolute Gasteiger partial charge is 0.337 e. The Morgan fingerprint density at radius 1 is 1.20 bits per heavy atom. The van der Waals surface area contributed by atoms with Crippen molar-refractivity contribution < 1.29 is 38.5 Å². The lowest BCUT2D eigenvalue weighted by Gasteiger charge is -2.22. The van der Waals surface area contributed by atoms with Crippen LogP contribution in [0.3, 0.4) is 0 Å². The Hall–Kier alpha value is -2.22. The standard InChI is InChI=1S/C12H14O8/c1-18-5-7(13)12(11(17)20-3)4-6(10(16)19-2)8(14)9(12)15/h14H,4-5H2,1-3H3. The molecule has 0 heterocycles. The quantitative estimate of drug-likeness (QED) is 0.522. The van der Waals surface area contributed by atoms with Crippen LogP contribution in [0, 0.1) is 5.41 Å². The van der Waals surface area contributed by atoms with Crippen LogP contribution in [-0.2, 0) is 33.4 Å². The number of methoxy groups -OCH3 is 3. The van der Waals surface area contributed by atoms with E-state index in [2.05, 4.69) is 14.2 Å². The molecule has 0 saturated heterocycles. The van der Waals surface area contributed by atoms with E-state index in [1.54, 1.807) is 0 Å². The van der Waals surface area contributed by atoms with E-state index >= 15 is 0 Å². The molecule has 110 valence electrons. The maximum Gasteiger partial charge on any atom is 0.337 e. The third kappa shape index (κ3) is 2.18. The van der Waals surface area contributed by atoms with Crippen molar-refractivity contribution in [1.29, 1.82) is 0 Å². The fraction of sp³-hybridized carbons (Fsp3) is 0.500. The molecule has 0 spiro atoms. The van der Waals surface area contributed by atoms with Crippen LogP contribution >= 0.6 is 0 Å². The van der Waals surface area contributed by atoms with Gasteiger partial charge in [-0.05, 0) is 0 Å². The zero-order chi connectivity index (χ0) is 15.5. The average molecular weight is 286 g/mol. The van der Waals surface area contributed by atoms with Crippen LogP contribution in [0.1, 0.15) is 6.42 Å². The number of rotatable bonds is 5. The van der Waals surface area contributed by atoms with E-state index < -0.39 is 53.3 Å². The van der Waals surface area contributed by atoms with Gasteiger partial charge in [-0.2, -0.15) is 0 Å². The van der Waals surface area contributed by atoms with E-state index in [1.165, 1.54) is 7.11 Å². The summed E-state index contributed by atoms with van der Waals surface area (Å²) in [4.78, 5) is 47.4. The number of hydrogen-bond donors (Lipinski definition) is 1. The zero-order valence-corrected chi connectivity index (χ0v) is 11.2. The molecular weight excluding hydrogens is 272 g/mol. The Morgan fingerprint density at radius 3 is 2.25 bits per heavy atom. The summed E-state index contributed by atoms with van der Waals surface area (Å²) in [5, 5.41) is 9.68. The number of aliphatic hydroxyl groups is 1. The average Bonchev–Trinajstić information content (AvgIpc) is 2.71. The lowest BCUT2D eigenvalue weighted by molar-refractivity contribution is -0.162. The van der Waals surface area contributed by atoms with Gasteiger partial charge in [0.15, 0.2) is 17.0 Å². The van der Waals surface area contributed by atoms with Crippen molar-refractivity contribution in [2.45, 2.75) is 6.42 Å². The molecule has 8 nitrogen and oxygen atoms in total. The molecule has 20 heavy (non-hydrogen) atoms. The summed E-state index contributed by atoms with van der Waals surface area (Å²) in [7, 11) is 3.24. The minimum absolute atomic E-state index is 0.438. The summed E-state index contributed by atoms with van der Waals surface area (Å²) >= 11 is 0. The first-order valence-corrected chi connectivity index (χ1v) is 5.52. The Kier molecular flexibility index (Phi) is 4.61. The highest BCUT2D eigenvalue weighted by molar-refractivity contribution is 6.30. The normalized spacial score (nSPS) is 21.9. The Balaban J connectivity index is 3.32. The molecule has 0 radical (unpaired) electrons. The van der Waals surface area contributed by atoms with Crippen molar-refractivity contribution in [3.8, 4) is 0 Å². The molecule has 1 atom stereocenters. The van der Waals surface area contributed by atoms with Crippen LogP contribution in [0.15, 0.2) is 11.3 Å². The minimum atomic E-state index is -2.29. The van der Waals surface area contributed by atoms with Gasteiger partial charge >= 0.3 is 11.9 Å². The summed E-state index contributed by atoms with van der Waals surface area (Å²) in [5.41, 5.74) is -2.73. The number of aliphatic hydroxyl groups excluding tert-OH is 1. The number of esters is 2. The highest BCUT2D eigenvalue weighted by Gasteiger charge is 2.60. The van der Waals surface area contributed by atoms with Crippen LogP contribution in [0.4, 0.5) is 0 Å². The van der Waals surface area contributed by atoms with Gasteiger partial charge < -0.3 is 19.3 Å². The molecule has 0 saturated carbocycles. The molecule has 1 aliphatic rings. The van der Waals surface area contributed by atoms with Crippen LogP contribution in [0.25, 0.3) is 0 Å². The van der Waals surface area contributed by atoms with Gasteiger partial charge in [-0.1, -0.05) is 0 Å². The molecule has 0 aromatic rings. The third-order valence-electron chi connectivity index (χ3n) is 3.05. The molecule has 1 unspecified atom stereocenters. The van der Waals surface area contributed by atoms with E-state index in [1.807, 2.05) is 0 Å². The SMILES string of the molecule is COCC(=O)C1(C(=O)OC)CC(C(=O)OC)=C(O)C1=O. The molecule has 1 aliphatic carbocycles. The topological polar surface area (TPSA) is 116 Å². The lowest BCUT2D eigenvalue weighted by atomic mass is 9.79. The third-order valence-corrected chi connectivity index (χ3v) is 3.05. The van der Waals surface area contributed by atoms with E-state index in [-0.39, 0.29) is 0 Å². The number of carbonyl (C=O) groups excluding carboxylic acids is 4. The van der Waals surface area contributed by atoms with E-state index in [0.29, 0.717) is 0 Å². The van der Waals surface area contributed by atoms with E-state index in [4.69, 9.17) is 0 Å². The first kappa shape index (κ1) is 15.8. The Labute approximate surface area is 114 Å². The molecule has 0 aliphatic heterocycles. The molecule has 8 heteroatoms. The van der Waals surface area contributed by atoms with Crippen LogP contribution in [-0.4, -0.2) is 56.5 Å². The fourth-order valence-electron chi connectivity index (χ4n) is 1.99. The van der Waals surface area contributed by atoms with Crippen LogP contribution in [0.2, 0.25) is 0 Å². The zero-order valence-electron chi connectivity index (χ0n) is 11.2. The number of allylic oxidation sites excluding steroid dienone is 1. The first-order chi connectivity index (χ1) is 9.36. The molecule has 1 rings (SSSR count). The highest BCUT2D eigenvalue weighted by Crippen LogP contribution is 2.40. The molecule has 0 fully saturated rings. The predicted molar refractivity (Wildman–Crippen MR) is 62.6 cm³/mol. The van der Waals surface area contributed by atoms with E-state index in [0.717, 1.165) is 14.2 Å². The number of ether oxygens (including phenoxy) is 3. The van der Waals surface area contributed by atoms with Gasteiger partial charge in [0.25, 0.3) is 0 Å². The summed E-state index contributed by atoms with van der Waals surface area (Å²) in [6.07, 6.45) is -0.612. The van der Waals surface area contributed by atoms with Crippen molar-refractivity contribution in [2.75, 3.05) is 27.9 Å². The lowest BCUT2D eigenvalue weighted by Crippen LogP contribution is -2.46. The van der Waals surface area contributed by atoms with Crippen molar-refractivity contribution in [3.63, 3.8) is 0 Å². The number of hydrogen-bond acceptors (Lipinski definition) is 8. The van der Waals surface area contributed by atoms with Gasteiger partial charge in [0.05, 0.1) is 19.8 Å². The largest absolute Gasteiger partial charge is 0.504 e. The van der Waals surface area contributed by atoms with Crippen LogP contribution < -0.4 is 0 Å². The Morgan fingerprint density at radius 2 is 1.80 bits per heavy atom.